The standard InChI is InChI=1S/C15H17N3O3/c1-9-13(10(2)18(3)17-9)14(19)16-12-8-6-5-7-11(12)15(20)21-4/h5-8H,1-4H3,(H,16,19). The number of aromatic nitrogens is 2. The Balaban J connectivity index is 2.34. The smallest absolute Gasteiger partial charge is 0.339 e. The normalized spacial score (nSPS) is 10.3. The van der Waals surface area contributed by atoms with E-state index in [1.165, 1.54) is 7.11 Å². The van der Waals surface area contributed by atoms with E-state index in [2.05, 4.69) is 10.4 Å². The predicted molar refractivity (Wildman–Crippen MR) is 78.4 cm³/mol. The van der Waals surface area contributed by atoms with Gasteiger partial charge in [-0.15, -0.1) is 0 Å². The summed E-state index contributed by atoms with van der Waals surface area (Å²) in [7, 11) is 3.08. The molecule has 21 heavy (non-hydrogen) atoms. The van der Waals surface area contributed by atoms with Crippen LogP contribution in [0.1, 0.15) is 32.1 Å². The number of amides is 1. The van der Waals surface area contributed by atoms with Gasteiger partial charge in [-0.05, 0) is 26.0 Å². The molecule has 1 amide bonds. The topological polar surface area (TPSA) is 73.2 Å². The second-order valence-corrected chi connectivity index (χ2v) is 4.66. The molecule has 0 radical (unpaired) electrons. The van der Waals surface area contributed by atoms with E-state index in [0.717, 1.165) is 5.69 Å². The summed E-state index contributed by atoms with van der Waals surface area (Å²) >= 11 is 0. The van der Waals surface area contributed by atoms with Crippen molar-refractivity contribution in [1.82, 2.24) is 9.78 Å². The van der Waals surface area contributed by atoms with Crippen LogP contribution in [0, 0.1) is 13.8 Å². The number of nitrogens with zero attached hydrogens (tertiary/aromatic N) is 2. The summed E-state index contributed by atoms with van der Waals surface area (Å²) in [6.07, 6.45) is 0. The third kappa shape index (κ3) is 2.79. The van der Waals surface area contributed by atoms with E-state index in [4.69, 9.17) is 4.74 Å². The predicted octanol–water partition coefficient (Wildman–Crippen LogP) is 2.08. The number of benzene rings is 1. The summed E-state index contributed by atoms with van der Waals surface area (Å²) in [5.74, 6) is -0.792. The molecule has 0 bridgehead atoms. The average molecular weight is 287 g/mol. The number of aryl methyl sites for hydroxylation is 2. The first-order valence-electron chi connectivity index (χ1n) is 6.44. The number of rotatable bonds is 3. The number of anilines is 1. The van der Waals surface area contributed by atoms with E-state index in [9.17, 15) is 9.59 Å². The average Bonchev–Trinajstić information content (AvgIpc) is 2.71. The summed E-state index contributed by atoms with van der Waals surface area (Å²) in [6.45, 7) is 3.59. The molecule has 1 heterocycles. The Bertz CT molecular complexity index is 704. The zero-order valence-electron chi connectivity index (χ0n) is 12.4. The van der Waals surface area contributed by atoms with Gasteiger partial charge in [-0.1, -0.05) is 12.1 Å². The van der Waals surface area contributed by atoms with Crippen molar-refractivity contribution < 1.29 is 14.3 Å². The molecule has 0 aliphatic rings. The largest absolute Gasteiger partial charge is 0.465 e. The van der Waals surface area contributed by atoms with Gasteiger partial charge in [-0.2, -0.15) is 5.10 Å². The zero-order valence-corrected chi connectivity index (χ0v) is 12.4. The van der Waals surface area contributed by atoms with E-state index in [1.807, 2.05) is 6.92 Å². The van der Waals surface area contributed by atoms with Crippen molar-refractivity contribution in [3.8, 4) is 0 Å². The molecular weight excluding hydrogens is 270 g/mol. The van der Waals surface area contributed by atoms with Crippen molar-refractivity contribution in [2.75, 3.05) is 12.4 Å². The van der Waals surface area contributed by atoms with Crippen LogP contribution in [0.3, 0.4) is 0 Å². The van der Waals surface area contributed by atoms with Gasteiger partial charge in [-0.25, -0.2) is 4.79 Å². The van der Waals surface area contributed by atoms with E-state index in [-0.39, 0.29) is 5.91 Å². The fourth-order valence-electron chi connectivity index (χ4n) is 2.17. The lowest BCUT2D eigenvalue weighted by molar-refractivity contribution is 0.0602. The van der Waals surface area contributed by atoms with Crippen LogP contribution in [0.2, 0.25) is 0 Å². The quantitative estimate of drug-likeness (QED) is 0.877. The van der Waals surface area contributed by atoms with Crippen LogP contribution in [-0.2, 0) is 11.8 Å². The lowest BCUT2D eigenvalue weighted by Gasteiger charge is -2.09. The highest BCUT2D eigenvalue weighted by molar-refractivity contribution is 6.09. The lowest BCUT2D eigenvalue weighted by atomic mass is 10.1. The van der Waals surface area contributed by atoms with Crippen LogP contribution in [0.15, 0.2) is 24.3 Å². The van der Waals surface area contributed by atoms with E-state index in [1.54, 1.807) is 42.9 Å². The van der Waals surface area contributed by atoms with Gasteiger partial charge in [0.25, 0.3) is 5.91 Å². The fraction of sp³-hybridized carbons (Fsp3) is 0.267. The van der Waals surface area contributed by atoms with Crippen LogP contribution in [0.4, 0.5) is 5.69 Å². The molecule has 110 valence electrons. The molecule has 0 saturated carbocycles. The van der Waals surface area contributed by atoms with Crippen LogP contribution in [0.25, 0.3) is 0 Å². The molecule has 6 nitrogen and oxygen atoms in total. The molecule has 0 unspecified atom stereocenters. The van der Waals surface area contributed by atoms with Crippen molar-refractivity contribution in [2.45, 2.75) is 13.8 Å². The molecule has 1 aromatic heterocycles. The zero-order chi connectivity index (χ0) is 15.6. The molecule has 0 aliphatic carbocycles. The maximum Gasteiger partial charge on any atom is 0.339 e. The van der Waals surface area contributed by atoms with Gasteiger partial charge in [0.2, 0.25) is 0 Å². The highest BCUT2D eigenvalue weighted by Gasteiger charge is 2.19. The Labute approximate surface area is 122 Å². The molecule has 0 spiro atoms. The highest BCUT2D eigenvalue weighted by Crippen LogP contribution is 2.19. The van der Waals surface area contributed by atoms with Crippen LogP contribution in [-0.4, -0.2) is 28.8 Å². The van der Waals surface area contributed by atoms with Crippen LogP contribution >= 0.6 is 0 Å². The second kappa shape index (κ2) is 5.78. The number of methoxy groups -OCH3 is 1. The number of hydrogen-bond donors (Lipinski definition) is 1. The van der Waals surface area contributed by atoms with Crippen molar-refractivity contribution in [3.05, 3.63) is 46.8 Å². The molecular formula is C15H17N3O3. The Hall–Kier alpha value is -2.63. The van der Waals surface area contributed by atoms with Gasteiger partial charge in [0, 0.05) is 12.7 Å². The SMILES string of the molecule is COC(=O)c1ccccc1NC(=O)c1c(C)nn(C)c1C. The first kappa shape index (κ1) is 14.8. The lowest BCUT2D eigenvalue weighted by Crippen LogP contribution is -2.16. The Morgan fingerprint density at radius 2 is 1.90 bits per heavy atom. The first-order chi connectivity index (χ1) is 9.95. The molecule has 6 heteroatoms. The maximum atomic E-state index is 12.4. The summed E-state index contributed by atoms with van der Waals surface area (Å²) in [4.78, 5) is 24.1. The highest BCUT2D eigenvalue weighted by atomic mass is 16.5. The number of nitrogens with one attached hydrogen (secondary N) is 1. The second-order valence-electron chi connectivity index (χ2n) is 4.66. The molecule has 0 atom stereocenters. The van der Waals surface area contributed by atoms with Gasteiger partial charge >= 0.3 is 5.97 Å². The number of hydrogen-bond acceptors (Lipinski definition) is 4. The minimum Gasteiger partial charge on any atom is -0.465 e. The summed E-state index contributed by atoms with van der Waals surface area (Å²) in [5, 5.41) is 6.96. The third-order valence-corrected chi connectivity index (χ3v) is 3.32. The fourth-order valence-corrected chi connectivity index (χ4v) is 2.17. The monoisotopic (exact) mass is 287 g/mol. The maximum absolute atomic E-state index is 12.4. The van der Waals surface area contributed by atoms with Crippen molar-refractivity contribution in [3.63, 3.8) is 0 Å². The van der Waals surface area contributed by atoms with Crippen molar-refractivity contribution >= 4 is 17.6 Å². The number of carbonyl (C=O) groups is 2. The molecule has 0 fully saturated rings. The molecule has 0 aliphatic heterocycles. The van der Waals surface area contributed by atoms with Gasteiger partial charge < -0.3 is 10.1 Å². The molecule has 2 aromatic rings. The number of esters is 1. The third-order valence-electron chi connectivity index (χ3n) is 3.32. The Morgan fingerprint density at radius 3 is 2.48 bits per heavy atom. The van der Waals surface area contributed by atoms with Gasteiger partial charge in [-0.3, -0.25) is 9.48 Å². The van der Waals surface area contributed by atoms with Gasteiger partial charge in [0.1, 0.15) is 0 Å². The minimum absolute atomic E-state index is 0.297. The number of ether oxygens (including phenoxy) is 1. The first-order valence-corrected chi connectivity index (χ1v) is 6.44. The number of para-hydroxylation sites is 1. The minimum atomic E-state index is -0.495. The molecule has 0 saturated heterocycles. The Kier molecular flexibility index (Phi) is 4.07. The molecule has 1 N–H and O–H groups in total. The van der Waals surface area contributed by atoms with Crippen molar-refractivity contribution in [2.24, 2.45) is 7.05 Å². The summed E-state index contributed by atoms with van der Waals surface area (Å²) in [5.41, 5.74) is 2.64. The summed E-state index contributed by atoms with van der Waals surface area (Å²) < 4.78 is 6.36. The molecule has 1 aromatic carbocycles. The summed E-state index contributed by atoms with van der Waals surface area (Å²) in [6, 6.07) is 6.71. The Morgan fingerprint density at radius 1 is 1.24 bits per heavy atom. The molecule has 2 rings (SSSR count). The van der Waals surface area contributed by atoms with Gasteiger partial charge in [0.05, 0.1) is 29.6 Å². The van der Waals surface area contributed by atoms with Crippen molar-refractivity contribution in [1.29, 1.82) is 0 Å². The van der Waals surface area contributed by atoms with E-state index in [0.29, 0.717) is 22.5 Å². The van der Waals surface area contributed by atoms with E-state index < -0.39 is 5.97 Å². The van der Waals surface area contributed by atoms with Gasteiger partial charge in [0.15, 0.2) is 0 Å². The van der Waals surface area contributed by atoms with E-state index >= 15 is 0 Å². The van der Waals surface area contributed by atoms with Crippen LogP contribution in [0.5, 0.6) is 0 Å². The number of carbonyl (C=O) groups excluding carboxylic acids is 2. The van der Waals surface area contributed by atoms with Crippen LogP contribution < -0.4 is 5.32 Å².